The molecule has 3 nitrogen and oxygen atoms in total. The first-order valence-corrected chi connectivity index (χ1v) is 8.17. The van der Waals surface area contributed by atoms with E-state index >= 15 is 0 Å². The Morgan fingerprint density at radius 1 is 1.11 bits per heavy atom. The van der Waals surface area contributed by atoms with Crippen LogP contribution in [0.1, 0.15) is 58.8 Å². The van der Waals surface area contributed by atoms with E-state index in [4.69, 9.17) is 0 Å². The van der Waals surface area contributed by atoms with Crippen LogP contribution in [0.2, 0.25) is 0 Å². The summed E-state index contributed by atoms with van der Waals surface area (Å²) in [6.45, 7) is 4.59. The van der Waals surface area contributed by atoms with Gasteiger partial charge in [-0.3, -0.25) is 4.79 Å². The van der Waals surface area contributed by atoms with E-state index in [2.05, 4.69) is 24.5 Å². The summed E-state index contributed by atoms with van der Waals surface area (Å²) >= 11 is 0. The number of nitrogens with one attached hydrogen (secondary N) is 2. The molecule has 0 spiro atoms. The van der Waals surface area contributed by atoms with Gasteiger partial charge in [0.1, 0.15) is 0 Å². The monoisotopic (exact) mass is 264 g/mol. The van der Waals surface area contributed by atoms with Gasteiger partial charge in [-0.15, -0.1) is 0 Å². The van der Waals surface area contributed by atoms with Gasteiger partial charge in [-0.1, -0.05) is 13.8 Å². The first-order chi connectivity index (χ1) is 9.11. The summed E-state index contributed by atoms with van der Waals surface area (Å²) in [6, 6.07) is 1.82. The Morgan fingerprint density at radius 3 is 2.37 bits per heavy atom. The van der Waals surface area contributed by atoms with E-state index in [-0.39, 0.29) is 0 Å². The molecule has 0 aromatic rings. The number of rotatable bonds is 3. The fourth-order valence-electron chi connectivity index (χ4n) is 4.44. The maximum absolute atomic E-state index is 12.2. The third-order valence-electron chi connectivity index (χ3n) is 5.86. The molecule has 5 unspecified atom stereocenters. The van der Waals surface area contributed by atoms with Crippen molar-refractivity contribution in [2.75, 3.05) is 0 Å². The molecule has 2 bridgehead atoms. The van der Waals surface area contributed by atoms with Gasteiger partial charge in [0, 0.05) is 24.5 Å². The summed E-state index contributed by atoms with van der Waals surface area (Å²) in [6.07, 6.45) is 8.25. The van der Waals surface area contributed by atoms with Crippen LogP contribution in [-0.2, 0) is 4.79 Å². The Bertz CT molecular complexity index is 332. The zero-order valence-electron chi connectivity index (χ0n) is 12.3. The fourth-order valence-corrected chi connectivity index (χ4v) is 4.44. The van der Waals surface area contributed by atoms with Crippen molar-refractivity contribution >= 4 is 5.91 Å². The van der Waals surface area contributed by atoms with Gasteiger partial charge in [-0.2, -0.15) is 0 Å². The van der Waals surface area contributed by atoms with E-state index < -0.39 is 0 Å². The molecule has 1 aliphatic carbocycles. The molecule has 0 radical (unpaired) electrons. The summed E-state index contributed by atoms with van der Waals surface area (Å²) in [7, 11) is 0. The van der Waals surface area contributed by atoms with E-state index in [0.29, 0.717) is 35.9 Å². The van der Waals surface area contributed by atoms with Crippen molar-refractivity contribution in [1.29, 1.82) is 0 Å². The average Bonchev–Trinajstić information content (AvgIpc) is 2.86. The zero-order chi connectivity index (χ0) is 13.4. The fraction of sp³-hybridized carbons (Fsp3) is 0.938. The number of piperidine rings is 1. The molecule has 2 saturated heterocycles. The Morgan fingerprint density at radius 2 is 1.79 bits per heavy atom. The maximum atomic E-state index is 12.2. The molecule has 19 heavy (non-hydrogen) atoms. The molecule has 1 saturated carbocycles. The molecule has 1 amide bonds. The molecule has 2 N–H and O–H groups in total. The minimum absolute atomic E-state index is 0.303. The summed E-state index contributed by atoms with van der Waals surface area (Å²) in [5, 5.41) is 6.94. The summed E-state index contributed by atoms with van der Waals surface area (Å²) < 4.78 is 0. The summed E-state index contributed by atoms with van der Waals surface area (Å²) in [5.41, 5.74) is 0. The second-order valence-electron chi connectivity index (χ2n) is 7.27. The van der Waals surface area contributed by atoms with E-state index in [1.54, 1.807) is 0 Å². The number of fused-ring (bicyclic) bond motifs is 2. The van der Waals surface area contributed by atoms with Crippen molar-refractivity contribution < 1.29 is 4.79 Å². The number of amides is 1. The van der Waals surface area contributed by atoms with Crippen molar-refractivity contribution in [3.05, 3.63) is 0 Å². The predicted molar refractivity (Wildman–Crippen MR) is 76.8 cm³/mol. The highest BCUT2D eigenvalue weighted by Crippen LogP contribution is 2.34. The Labute approximate surface area is 116 Å². The Balaban J connectivity index is 1.46. The van der Waals surface area contributed by atoms with Crippen molar-refractivity contribution in [1.82, 2.24) is 10.6 Å². The van der Waals surface area contributed by atoms with Crippen LogP contribution in [0.5, 0.6) is 0 Å². The van der Waals surface area contributed by atoms with Crippen molar-refractivity contribution in [2.24, 2.45) is 17.8 Å². The molecule has 3 aliphatic rings. The number of hydrogen-bond donors (Lipinski definition) is 2. The Kier molecular flexibility index (Phi) is 3.84. The lowest BCUT2D eigenvalue weighted by atomic mass is 9.89. The van der Waals surface area contributed by atoms with Crippen LogP contribution in [-0.4, -0.2) is 24.0 Å². The SMILES string of the molecule is CC1CCC(NC(=O)CC2CC3CCC(C2)N3)C1C. The van der Waals surface area contributed by atoms with Gasteiger partial charge < -0.3 is 10.6 Å². The van der Waals surface area contributed by atoms with Gasteiger partial charge in [-0.25, -0.2) is 0 Å². The van der Waals surface area contributed by atoms with Crippen LogP contribution in [0.25, 0.3) is 0 Å². The Hall–Kier alpha value is -0.570. The molecule has 0 aromatic heterocycles. The van der Waals surface area contributed by atoms with Gasteiger partial charge in [0.2, 0.25) is 5.91 Å². The van der Waals surface area contributed by atoms with Crippen LogP contribution in [0.3, 0.4) is 0 Å². The van der Waals surface area contributed by atoms with Gasteiger partial charge >= 0.3 is 0 Å². The molecule has 3 heteroatoms. The van der Waals surface area contributed by atoms with Gasteiger partial charge in [-0.05, 0) is 56.3 Å². The highest BCUT2D eigenvalue weighted by Gasteiger charge is 2.35. The largest absolute Gasteiger partial charge is 0.353 e. The number of carbonyl (C=O) groups is 1. The molecule has 3 rings (SSSR count). The zero-order valence-corrected chi connectivity index (χ0v) is 12.3. The van der Waals surface area contributed by atoms with Crippen LogP contribution in [0, 0.1) is 17.8 Å². The third-order valence-corrected chi connectivity index (χ3v) is 5.86. The van der Waals surface area contributed by atoms with Crippen LogP contribution in [0.4, 0.5) is 0 Å². The molecule has 5 atom stereocenters. The van der Waals surface area contributed by atoms with E-state index in [1.165, 1.54) is 38.5 Å². The number of hydrogen-bond acceptors (Lipinski definition) is 2. The minimum atomic E-state index is 0.303. The van der Waals surface area contributed by atoms with Gasteiger partial charge in [0.25, 0.3) is 0 Å². The molecule has 2 aliphatic heterocycles. The first kappa shape index (κ1) is 13.4. The molecular formula is C16H28N2O. The van der Waals surface area contributed by atoms with Crippen molar-refractivity contribution in [2.45, 2.75) is 76.9 Å². The van der Waals surface area contributed by atoms with Crippen LogP contribution >= 0.6 is 0 Å². The molecule has 0 aromatic carbocycles. The lowest BCUT2D eigenvalue weighted by Gasteiger charge is -2.29. The van der Waals surface area contributed by atoms with Crippen LogP contribution in [0.15, 0.2) is 0 Å². The van der Waals surface area contributed by atoms with Gasteiger partial charge in [0.15, 0.2) is 0 Å². The quantitative estimate of drug-likeness (QED) is 0.822. The van der Waals surface area contributed by atoms with E-state index in [9.17, 15) is 4.79 Å². The van der Waals surface area contributed by atoms with Gasteiger partial charge in [0.05, 0.1) is 0 Å². The van der Waals surface area contributed by atoms with Crippen molar-refractivity contribution in [3.8, 4) is 0 Å². The topological polar surface area (TPSA) is 41.1 Å². The molecule has 2 heterocycles. The predicted octanol–water partition coefficient (Wildman–Crippen LogP) is 2.46. The summed E-state index contributed by atoms with van der Waals surface area (Å²) in [5.74, 6) is 2.33. The lowest BCUT2D eigenvalue weighted by Crippen LogP contribution is -2.42. The first-order valence-electron chi connectivity index (χ1n) is 8.17. The van der Waals surface area contributed by atoms with Crippen LogP contribution < -0.4 is 10.6 Å². The standard InChI is InChI=1S/C16H28N2O/c1-10-3-6-15(11(10)2)18-16(19)9-12-7-13-4-5-14(8-12)17-13/h10-15,17H,3-9H2,1-2H3,(H,18,19). The smallest absolute Gasteiger partial charge is 0.220 e. The molecule has 3 fully saturated rings. The molecule has 108 valence electrons. The average molecular weight is 264 g/mol. The van der Waals surface area contributed by atoms with Crippen molar-refractivity contribution in [3.63, 3.8) is 0 Å². The molecular weight excluding hydrogens is 236 g/mol. The highest BCUT2D eigenvalue weighted by molar-refractivity contribution is 5.76. The van der Waals surface area contributed by atoms with E-state index in [0.717, 1.165) is 12.3 Å². The number of carbonyl (C=O) groups excluding carboxylic acids is 1. The highest BCUT2D eigenvalue weighted by atomic mass is 16.1. The third kappa shape index (κ3) is 2.96. The maximum Gasteiger partial charge on any atom is 0.220 e. The van der Waals surface area contributed by atoms with E-state index in [1.807, 2.05) is 0 Å². The lowest BCUT2D eigenvalue weighted by molar-refractivity contribution is -0.123. The second kappa shape index (κ2) is 5.43. The normalized spacial score (nSPS) is 45.4. The summed E-state index contributed by atoms with van der Waals surface area (Å²) in [4.78, 5) is 12.2. The second-order valence-corrected chi connectivity index (χ2v) is 7.27. The minimum Gasteiger partial charge on any atom is -0.353 e.